The van der Waals surface area contributed by atoms with Gasteiger partial charge in [-0.05, 0) is 25.1 Å². The molecule has 2 fully saturated rings. The molecular weight excluding hydrogens is 202 g/mol. The molecule has 86 valence electrons. The van der Waals surface area contributed by atoms with E-state index in [4.69, 9.17) is 4.74 Å². The van der Waals surface area contributed by atoms with E-state index in [9.17, 15) is 0 Å². The van der Waals surface area contributed by atoms with Gasteiger partial charge in [-0.1, -0.05) is 0 Å². The fourth-order valence-electron chi connectivity index (χ4n) is 2.64. The van der Waals surface area contributed by atoms with Crippen LogP contribution in [0.1, 0.15) is 12.8 Å². The second-order valence-corrected chi connectivity index (χ2v) is 4.71. The van der Waals surface area contributed by atoms with Crippen molar-refractivity contribution < 1.29 is 4.74 Å². The van der Waals surface area contributed by atoms with Crippen molar-refractivity contribution in [1.82, 2.24) is 10.3 Å². The van der Waals surface area contributed by atoms with E-state index in [0.29, 0.717) is 6.04 Å². The SMILES string of the molecule is c1cncc(N[C@@H]2CO[C@]3(CCNC3)C2)c1. The van der Waals surface area contributed by atoms with Crippen molar-refractivity contribution in [1.29, 1.82) is 0 Å². The Balaban J connectivity index is 1.62. The predicted octanol–water partition coefficient (Wildman–Crippen LogP) is 1.01. The van der Waals surface area contributed by atoms with Crippen LogP contribution in [-0.4, -0.2) is 36.3 Å². The highest BCUT2D eigenvalue weighted by Crippen LogP contribution is 2.32. The molecule has 2 atom stereocenters. The van der Waals surface area contributed by atoms with Crippen LogP contribution < -0.4 is 10.6 Å². The number of ether oxygens (including phenoxy) is 1. The normalized spacial score (nSPS) is 33.4. The van der Waals surface area contributed by atoms with Gasteiger partial charge in [-0.3, -0.25) is 4.98 Å². The number of anilines is 1. The van der Waals surface area contributed by atoms with Gasteiger partial charge >= 0.3 is 0 Å². The Bertz CT molecular complexity index is 349. The van der Waals surface area contributed by atoms with Gasteiger partial charge in [-0.15, -0.1) is 0 Å². The molecule has 0 saturated carbocycles. The molecular formula is C12H17N3O. The van der Waals surface area contributed by atoms with Gasteiger partial charge in [0.05, 0.1) is 23.9 Å². The molecule has 1 spiro atoms. The predicted molar refractivity (Wildman–Crippen MR) is 62.4 cm³/mol. The molecule has 0 unspecified atom stereocenters. The maximum atomic E-state index is 5.94. The fraction of sp³-hybridized carbons (Fsp3) is 0.583. The van der Waals surface area contributed by atoms with Crippen LogP contribution in [0.3, 0.4) is 0 Å². The van der Waals surface area contributed by atoms with Crippen molar-refractivity contribution in [3.8, 4) is 0 Å². The van der Waals surface area contributed by atoms with Gasteiger partial charge in [-0.2, -0.15) is 0 Å². The van der Waals surface area contributed by atoms with E-state index >= 15 is 0 Å². The molecule has 2 aliphatic rings. The van der Waals surface area contributed by atoms with Crippen molar-refractivity contribution in [3.05, 3.63) is 24.5 Å². The summed E-state index contributed by atoms with van der Waals surface area (Å²) in [5, 5.41) is 6.85. The van der Waals surface area contributed by atoms with Crippen LogP contribution in [0, 0.1) is 0 Å². The molecule has 2 saturated heterocycles. The molecule has 16 heavy (non-hydrogen) atoms. The van der Waals surface area contributed by atoms with E-state index in [2.05, 4.69) is 15.6 Å². The molecule has 0 bridgehead atoms. The Morgan fingerprint density at radius 1 is 1.56 bits per heavy atom. The zero-order valence-corrected chi connectivity index (χ0v) is 9.28. The molecule has 0 amide bonds. The third-order valence-corrected chi connectivity index (χ3v) is 3.45. The van der Waals surface area contributed by atoms with Crippen LogP contribution in [0.5, 0.6) is 0 Å². The van der Waals surface area contributed by atoms with Gasteiger partial charge in [0.2, 0.25) is 0 Å². The van der Waals surface area contributed by atoms with Gasteiger partial charge in [0, 0.05) is 25.4 Å². The first-order chi connectivity index (χ1) is 7.86. The third kappa shape index (κ3) is 1.90. The van der Waals surface area contributed by atoms with Crippen LogP contribution in [-0.2, 0) is 4.74 Å². The minimum absolute atomic E-state index is 0.0971. The fourth-order valence-corrected chi connectivity index (χ4v) is 2.64. The number of rotatable bonds is 2. The first-order valence-electron chi connectivity index (χ1n) is 5.88. The van der Waals surface area contributed by atoms with Gasteiger partial charge in [0.1, 0.15) is 0 Å². The van der Waals surface area contributed by atoms with Crippen molar-refractivity contribution in [2.45, 2.75) is 24.5 Å². The van der Waals surface area contributed by atoms with E-state index in [1.807, 2.05) is 18.3 Å². The molecule has 0 aliphatic carbocycles. The molecule has 4 heteroatoms. The Labute approximate surface area is 95.4 Å². The summed E-state index contributed by atoms with van der Waals surface area (Å²) in [5.41, 5.74) is 1.18. The van der Waals surface area contributed by atoms with Gasteiger partial charge in [0.25, 0.3) is 0 Å². The number of nitrogens with one attached hydrogen (secondary N) is 2. The highest BCUT2D eigenvalue weighted by molar-refractivity contribution is 5.41. The molecule has 1 aromatic heterocycles. The lowest BCUT2D eigenvalue weighted by Crippen LogP contribution is -2.31. The monoisotopic (exact) mass is 219 g/mol. The maximum Gasteiger partial charge on any atom is 0.0839 e. The summed E-state index contributed by atoms with van der Waals surface area (Å²) in [6.45, 7) is 2.88. The lowest BCUT2D eigenvalue weighted by Gasteiger charge is -2.20. The summed E-state index contributed by atoms with van der Waals surface area (Å²) in [6.07, 6.45) is 5.88. The summed E-state index contributed by atoms with van der Waals surface area (Å²) in [7, 11) is 0. The van der Waals surface area contributed by atoms with E-state index in [0.717, 1.165) is 38.2 Å². The average Bonchev–Trinajstić information content (AvgIpc) is 2.92. The number of nitrogens with zero attached hydrogens (tertiary/aromatic N) is 1. The van der Waals surface area contributed by atoms with Crippen LogP contribution in [0.25, 0.3) is 0 Å². The van der Waals surface area contributed by atoms with Gasteiger partial charge < -0.3 is 15.4 Å². The maximum absolute atomic E-state index is 5.94. The third-order valence-electron chi connectivity index (χ3n) is 3.45. The van der Waals surface area contributed by atoms with E-state index < -0.39 is 0 Å². The van der Waals surface area contributed by atoms with Crippen LogP contribution in [0.15, 0.2) is 24.5 Å². The average molecular weight is 219 g/mol. The van der Waals surface area contributed by atoms with Crippen molar-refractivity contribution in [2.75, 3.05) is 25.0 Å². The molecule has 3 rings (SSSR count). The lowest BCUT2D eigenvalue weighted by atomic mass is 9.97. The molecule has 3 heterocycles. The number of aromatic nitrogens is 1. The van der Waals surface area contributed by atoms with Crippen LogP contribution in [0.4, 0.5) is 5.69 Å². The zero-order valence-electron chi connectivity index (χ0n) is 9.28. The smallest absolute Gasteiger partial charge is 0.0839 e. The van der Waals surface area contributed by atoms with Crippen molar-refractivity contribution in [2.24, 2.45) is 0 Å². The molecule has 4 nitrogen and oxygen atoms in total. The number of pyridine rings is 1. The summed E-state index contributed by atoms with van der Waals surface area (Å²) in [4.78, 5) is 4.10. The van der Waals surface area contributed by atoms with E-state index in [1.165, 1.54) is 0 Å². The minimum Gasteiger partial charge on any atom is -0.379 e. The van der Waals surface area contributed by atoms with Crippen molar-refractivity contribution >= 4 is 5.69 Å². The first kappa shape index (κ1) is 10.1. The molecule has 2 N–H and O–H groups in total. The van der Waals surface area contributed by atoms with Crippen LogP contribution in [0.2, 0.25) is 0 Å². The van der Waals surface area contributed by atoms with E-state index in [-0.39, 0.29) is 5.60 Å². The number of hydrogen-bond acceptors (Lipinski definition) is 4. The first-order valence-corrected chi connectivity index (χ1v) is 5.88. The molecule has 2 aliphatic heterocycles. The zero-order chi connectivity index (χ0) is 10.8. The molecule has 1 aromatic rings. The van der Waals surface area contributed by atoms with Gasteiger partial charge in [0.15, 0.2) is 0 Å². The largest absolute Gasteiger partial charge is 0.379 e. The number of hydrogen-bond donors (Lipinski definition) is 2. The minimum atomic E-state index is 0.0971. The highest BCUT2D eigenvalue weighted by atomic mass is 16.5. The second-order valence-electron chi connectivity index (χ2n) is 4.71. The summed E-state index contributed by atoms with van der Waals surface area (Å²) >= 11 is 0. The van der Waals surface area contributed by atoms with Gasteiger partial charge in [-0.25, -0.2) is 0 Å². The Kier molecular flexibility index (Phi) is 2.53. The lowest BCUT2D eigenvalue weighted by molar-refractivity contribution is 0.0214. The van der Waals surface area contributed by atoms with E-state index in [1.54, 1.807) is 6.20 Å². The molecule has 0 radical (unpaired) electrons. The highest BCUT2D eigenvalue weighted by Gasteiger charge is 2.42. The Hall–Kier alpha value is -1.13. The Morgan fingerprint density at radius 3 is 3.31 bits per heavy atom. The summed E-state index contributed by atoms with van der Waals surface area (Å²) < 4.78 is 5.94. The standard InChI is InChI=1S/C12H17N3O/c1-2-10(7-13-4-1)15-11-6-12(16-8-11)3-5-14-9-12/h1-2,4,7,11,14-15H,3,5-6,8-9H2/t11-,12+/m0/s1. The Morgan fingerprint density at radius 2 is 2.56 bits per heavy atom. The topological polar surface area (TPSA) is 46.2 Å². The molecule has 0 aromatic carbocycles. The van der Waals surface area contributed by atoms with Crippen molar-refractivity contribution in [3.63, 3.8) is 0 Å². The quantitative estimate of drug-likeness (QED) is 0.779. The van der Waals surface area contributed by atoms with Crippen LogP contribution >= 0.6 is 0 Å². The summed E-state index contributed by atoms with van der Waals surface area (Å²) in [5.74, 6) is 0. The summed E-state index contributed by atoms with van der Waals surface area (Å²) in [6, 6.07) is 4.42. The second kappa shape index (κ2) is 4.03.